The predicted molar refractivity (Wildman–Crippen MR) is 79.9 cm³/mol. The largest absolute Gasteiger partial charge is 0.352 e. The van der Waals surface area contributed by atoms with Gasteiger partial charge < -0.3 is 10.2 Å². The molecule has 3 rings (SSSR count). The molecule has 1 saturated heterocycles. The number of para-hydroxylation sites is 1. The summed E-state index contributed by atoms with van der Waals surface area (Å²) in [5.74, 6) is -0.283. The van der Waals surface area contributed by atoms with Gasteiger partial charge in [-0.05, 0) is 26.0 Å². The fourth-order valence-corrected chi connectivity index (χ4v) is 2.68. The lowest BCUT2D eigenvalue weighted by molar-refractivity contribution is -0.133. The van der Waals surface area contributed by atoms with Gasteiger partial charge in [0.25, 0.3) is 5.91 Å². The predicted octanol–water partition coefficient (Wildman–Crippen LogP) is 1.59. The zero-order chi connectivity index (χ0) is 15.0. The van der Waals surface area contributed by atoms with Crippen molar-refractivity contribution in [3.8, 4) is 0 Å². The van der Waals surface area contributed by atoms with Gasteiger partial charge in [-0.15, -0.1) is 0 Å². The van der Waals surface area contributed by atoms with Crippen LogP contribution in [0, 0.1) is 0 Å². The monoisotopic (exact) mass is 283 g/mol. The average Bonchev–Trinajstić information content (AvgIpc) is 2.49. The van der Waals surface area contributed by atoms with E-state index in [0.717, 1.165) is 5.39 Å². The third-order valence-electron chi connectivity index (χ3n) is 3.96. The lowest BCUT2D eigenvalue weighted by Gasteiger charge is -2.41. The molecule has 1 aromatic carbocycles. The Kier molecular flexibility index (Phi) is 3.12. The molecule has 0 unspecified atom stereocenters. The zero-order valence-corrected chi connectivity index (χ0v) is 12.1. The van der Waals surface area contributed by atoms with E-state index in [2.05, 4.69) is 10.3 Å². The van der Waals surface area contributed by atoms with Crippen LogP contribution in [0.1, 0.15) is 24.2 Å². The molecule has 1 aromatic heterocycles. The fourth-order valence-electron chi connectivity index (χ4n) is 2.68. The van der Waals surface area contributed by atoms with Crippen LogP contribution in [0.5, 0.6) is 0 Å². The van der Waals surface area contributed by atoms with E-state index in [0.29, 0.717) is 24.2 Å². The van der Waals surface area contributed by atoms with E-state index < -0.39 is 5.54 Å². The number of pyridine rings is 1. The van der Waals surface area contributed by atoms with E-state index in [1.54, 1.807) is 31.0 Å². The Morgan fingerprint density at radius 3 is 2.86 bits per heavy atom. The van der Waals surface area contributed by atoms with Crippen molar-refractivity contribution in [1.29, 1.82) is 0 Å². The lowest BCUT2D eigenvalue weighted by Crippen LogP contribution is -2.63. The number of piperazine rings is 1. The molecule has 5 heteroatoms. The van der Waals surface area contributed by atoms with Crippen LogP contribution in [0.4, 0.5) is 0 Å². The Bertz CT molecular complexity index is 719. The maximum absolute atomic E-state index is 12.9. The van der Waals surface area contributed by atoms with E-state index in [1.807, 2.05) is 24.3 Å². The molecule has 2 amide bonds. The molecular formula is C16H17N3O2. The molecule has 0 bridgehead atoms. The summed E-state index contributed by atoms with van der Waals surface area (Å²) in [7, 11) is 0. The van der Waals surface area contributed by atoms with Crippen molar-refractivity contribution < 1.29 is 9.59 Å². The molecule has 21 heavy (non-hydrogen) atoms. The van der Waals surface area contributed by atoms with E-state index in [9.17, 15) is 9.59 Å². The lowest BCUT2D eigenvalue weighted by atomic mass is 9.97. The van der Waals surface area contributed by atoms with Gasteiger partial charge in [0.05, 0.1) is 11.1 Å². The van der Waals surface area contributed by atoms with Gasteiger partial charge in [-0.25, -0.2) is 0 Å². The minimum Gasteiger partial charge on any atom is -0.352 e. The van der Waals surface area contributed by atoms with Crippen LogP contribution >= 0.6 is 0 Å². The first-order valence-corrected chi connectivity index (χ1v) is 6.96. The number of fused-ring (bicyclic) bond motifs is 1. The molecule has 5 nitrogen and oxygen atoms in total. The number of hydrogen-bond donors (Lipinski definition) is 1. The quantitative estimate of drug-likeness (QED) is 0.864. The average molecular weight is 283 g/mol. The van der Waals surface area contributed by atoms with E-state index in [4.69, 9.17) is 0 Å². The number of carbonyl (C=O) groups excluding carboxylic acids is 2. The molecule has 0 spiro atoms. The molecule has 108 valence electrons. The number of nitrogens with zero attached hydrogens (tertiary/aromatic N) is 2. The number of carbonyl (C=O) groups is 2. The highest BCUT2D eigenvalue weighted by Gasteiger charge is 2.41. The Labute approximate surface area is 123 Å². The smallest absolute Gasteiger partial charge is 0.257 e. The van der Waals surface area contributed by atoms with Gasteiger partial charge in [0.2, 0.25) is 5.91 Å². The van der Waals surface area contributed by atoms with Gasteiger partial charge in [0, 0.05) is 24.7 Å². The summed E-state index contributed by atoms with van der Waals surface area (Å²) in [6.45, 7) is 4.50. The molecule has 0 atom stereocenters. The number of aromatic nitrogens is 1. The van der Waals surface area contributed by atoms with Gasteiger partial charge in [-0.1, -0.05) is 18.2 Å². The van der Waals surface area contributed by atoms with Crippen molar-refractivity contribution in [3.05, 3.63) is 42.1 Å². The Morgan fingerprint density at radius 1 is 1.29 bits per heavy atom. The second-order valence-corrected chi connectivity index (χ2v) is 5.65. The fraction of sp³-hybridized carbons (Fsp3) is 0.312. The summed E-state index contributed by atoms with van der Waals surface area (Å²) < 4.78 is 0. The van der Waals surface area contributed by atoms with E-state index in [-0.39, 0.29) is 11.8 Å². The van der Waals surface area contributed by atoms with Gasteiger partial charge in [-0.3, -0.25) is 14.6 Å². The first-order valence-electron chi connectivity index (χ1n) is 6.96. The molecule has 1 aliphatic rings. The van der Waals surface area contributed by atoms with Crippen LogP contribution in [-0.4, -0.2) is 40.3 Å². The molecule has 1 fully saturated rings. The van der Waals surface area contributed by atoms with Crippen LogP contribution in [-0.2, 0) is 4.79 Å². The second-order valence-electron chi connectivity index (χ2n) is 5.65. The van der Waals surface area contributed by atoms with Crippen molar-refractivity contribution in [1.82, 2.24) is 15.2 Å². The summed E-state index contributed by atoms with van der Waals surface area (Å²) in [5, 5.41) is 3.72. The molecule has 0 saturated carbocycles. The summed E-state index contributed by atoms with van der Waals surface area (Å²) >= 11 is 0. The first-order chi connectivity index (χ1) is 10.0. The highest BCUT2D eigenvalue weighted by molar-refractivity contribution is 6.07. The molecule has 1 aliphatic heterocycles. The van der Waals surface area contributed by atoms with Gasteiger partial charge in [-0.2, -0.15) is 0 Å². The van der Waals surface area contributed by atoms with E-state index in [1.165, 1.54) is 0 Å². The standard InChI is InChI=1S/C16H17N3O2/c1-16(2)15(21)18-9-10-19(16)14(20)12-7-3-5-11-6-4-8-17-13(11)12/h3-8H,9-10H2,1-2H3,(H,18,21). The molecule has 1 N–H and O–H groups in total. The van der Waals surface area contributed by atoms with Gasteiger partial charge in [0.1, 0.15) is 5.54 Å². The summed E-state index contributed by atoms with van der Waals surface area (Å²) in [6, 6.07) is 9.30. The maximum Gasteiger partial charge on any atom is 0.257 e. The van der Waals surface area contributed by atoms with Crippen molar-refractivity contribution >= 4 is 22.7 Å². The second kappa shape index (κ2) is 4.84. The summed E-state index contributed by atoms with van der Waals surface area (Å²) in [6.07, 6.45) is 1.67. The topological polar surface area (TPSA) is 62.3 Å². The number of benzene rings is 1. The van der Waals surface area contributed by atoms with Crippen molar-refractivity contribution in [2.24, 2.45) is 0 Å². The van der Waals surface area contributed by atoms with E-state index >= 15 is 0 Å². The zero-order valence-electron chi connectivity index (χ0n) is 12.1. The summed E-state index contributed by atoms with van der Waals surface area (Å²) in [5.41, 5.74) is 0.356. The SMILES string of the molecule is CC1(C)C(=O)NCCN1C(=O)c1cccc2cccnc12. The van der Waals surface area contributed by atoms with Crippen molar-refractivity contribution in [2.45, 2.75) is 19.4 Å². The van der Waals surface area contributed by atoms with Gasteiger partial charge >= 0.3 is 0 Å². The maximum atomic E-state index is 12.9. The third kappa shape index (κ3) is 2.14. The first kappa shape index (κ1) is 13.5. The number of amides is 2. The highest BCUT2D eigenvalue weighted by atomic mass is 16.2. The highest BCUT2D eigenvalue weighted by Crippen LogP contribution is 2.24. The van der Waals surface area contributed by atoms with Gasteiger partial charge in [0.15, 0.2) is 0 Å². The molecule has 2 aromatic rings. The third-order valence-corrected chi connectivity index (χ3v) is 3.96. The van der Waals surface area contributed by atoms with Crippen molar-refractivity contribution in [2.75, 3.05) is 13.1 Å². The van der Waals surface area contributed by atoms with Crippen LogP contribution in [0.15, 0.2) is 36.5 Å². The molecular weight excluding hydrogens is 266 g/mol. The Balaban J connectivity index is 2.06. The van der Waals surface area contributed by atoms with Crippen LogP contribution in [0.25, 0.3) is 10.9 Å². The minimum absolute atomic E-state index is 0.129. The summed E-state index contributed by atoms with van der Waals surface area (Å²) in [4.78, 5) is 30.8. The number of nitrogens with one attached hydrogen (secondary N) is 1. The molecule has 0 aliphatic carbocycles. The number of rotatable bonds is 1. The van der Waals surface area contributed by atoms with Crippen molar-refractivity contribution in [3.63, 3.8) is 0 Å². The molecule has 0 radical (unpaired) electrons. The Hall–Kier alpha value is -2.43. The van der Waals surface area contributed by atoms with Crippen LogP contribution in [0.3, 0.4) is 0 Å². The normalized spacial score (nSPS) is 17.6. The van der Waals surface area contributed by atoms with Crippen LogP contribution in [0.2, 0.25) is 0 Å². The number of hydrogen-bond acceptors (Lipinski definition) is 3. The minimum atomic E-state index is -0.855. The molecule has 2 heterocycles. The van der Waals surface area contributed by atoms with Crippen LogP contribution < -0.4 is 5.32 Å². The Morgan fingerprint density at radius 2 is 2.05 bits per heavy atom.